The Kier molecular flexibility index (Phi) is 8.30. The summed E-state index contributed by atoms with van der Waals surface area (Å²) in [5.41, 5.74) is 5.25. The first-order valence-electron chi connectivity index (χ1n) is 9.32. The molecular formula is C23H32O3. The fraction of sp³-hybridized carbons (Fsp3) is 0.478. The van der Waals surface area contributed by atoms with Crippen LogP contribution < -0.4 is 0 Å². The highest BCUT2D eigenvalue weighted by molar-refractivity contribution is 5.67. The molecule has 3 heteroatoms. The number of methoxy groups -OCH3 is 3. The summed E-state index contributed by atoms with van der Waals surface area (Å²) in [7, 11) is 5.22. The van der Waals surface area contributed by atoms with Crippen LogP contribution in [-0.2, 0) is 27.1 Å². The first-order chi connectivity index (χ1) is 12.7. The SMILES string of the molecule is CCc1cc(CCC(COC)(COC)COC)ccc1-c1ccccc1. The van der Waals surface area contributed by atoms with Gasteiger partial charge in [-0.2, -0.15) is 0 Å². The van der Waals surface area contributed by atoms with Gasteiger partial charge in [0.1, 0.15) is 0 Å². The Labute approximate surface area is 158 Å². The molecule has 0 aliphatic carbocycles. The van der Waals surface area contributed by atoms with E-state index in [-0.39, 0.29) is 5.41 Å². The van der Waals surface area contributed by atoms with E-state index < -0.39 is 0 Å². The molecule has 26 heavy (non-hydrogen) atoms. The molecule has 0 saturated heterocycles. The van der Waals surface area contributed by atoms with Crippen LogP contribution >= 0.6 is 0 Å². The molecule has 0 amide bonds. The highest BCUT2D eigenvalue weighted by Crippen LogP contribution is 2.29. The molecule has 3 nitrogen and oxygen atoms in total. The average Bonchev–Trinajstić information content (AvgIpc) is 2.67. The zero-order valence-corrected chi connectivity index (χ0v) is 16.6. The zero-order valence-electron chi connectivity index (χ0n) is 16.6. The van der Waals surface area contributed by atoms with Crippen LogP contribution in [0.25, 0.3) is 11.1 Å². The molecule has 2 rings (SSSR count). The number of benzene rings is 2. The minimum Gasteiger partial charge on any atom is -0.384 e. The maximum absolute atomic E-state index is 5.46. The summed E-state index contributed by atoms with van der Waals surface area (Å²) >= 11 is 0. The van der Waals surface area contributed by atoms with Crippen molar-refractivity contribution in [2.45, 2.75) is 26.2 Å². The predicted octanol–water partition coefficient (Wildman–Crippen LogP) is 4.77. The van der Waals surface area contributed by atoms with Crippen LogP contribution in [0.4, 0.5) is 0 Å². The van der Waals surface area contributed by atoms with Crippen molar-refractivity contribution < 1.29 is 14.2 Å². The van der Waals surface area contributed by atoms with Gasteiger partial charge in [-0.3, -0.25) is 0 Å². The molecule has 2 aromatic carbocycles. The van der Waals surface area contributed by atoms with Crippen LogP contribution in [0, 0.1) is 5.41 Å². The van der Waals surface area contributed by atoms with Crippen LogP contribution in [0.3, 0.4) is 0 Å². The van der Waals surface area contributed by atoms with Gasteiger partial charge in [-0.15, -0.1) is 0 Å². The van der Waals surface area contributed by atoms with Gasteiger partial charge in [-0.1, -0.05) is 55.5 Å². The van der Waals surface area contributed by atoms with E-state index in [2.05, 4.69) is 55.5 Å². The summed E-state index contributed by atoms with van der Waals surface area (Å²) in [6.45, 7) is 4.13. The Balaban J connectivity index is 2.18. The summed E-state index contributed by atoms with van der Waals surface area (Å²) in [5, 5.41) is 0. The molecule has 142 valence electrons. The predicted molar refractivity (Wildman–Crippen MR) is 108 cm³/mol. The van der Waals surface area contributed by atoms with Gasteiger partial charge in [0.2, 0.25) is 0 Å². The van der Waals surface area contributed by atoms with Crippen molar-refractivity contribution in [2.24, 2.45) is 5.41 Å². The molecule has 0 saturated carbocycles. The number of rotatable bonds is 11. The first kappa shape index (κ1) is 20.6. The van der Waals surface area contributed by atoms with Gasteiger partial charge in [0.05, 0.1) is 19.8 Å². The van der Waals surface area contributed by atoms with E-state index >= 15 is 0 Å². The number of hydrogen-bond acceptors (Lipinski definition) is 3. The quantitative estimate of drug-likeness (QED) is 0.580. The van der Waals surface area contributed by atoms with Gasteiger partial charge < -0.3 is 14.2 Å². The maximum atomic E-state index is 5.46. The molecule has 0 atom stereocenters. The van der Waals surface area contributed by atoms with Gasteiger partial charge in [-0.25, -0.2) is 0 Å². The van der Waals surface area contributed by atoms with Crippen molar-refractivity contribution in [3.8, 4) is 11.1 Å². The number of hydrogen-bond donors (Lipinski definition) is 0. The smallest absolute Gasteiger partial charge is 0.0563 e. The van der Waals surface area contributed by atoms with Gasteiger partial charge in [0.15, 0.2) is 0 Å². The maximum Gasteiger partial charge on any atom is 0.0563 e. The molecule has 0 spiro atoms. The zero-order chi connectivity index (χ0) is 18.8. The van der Waals surface area contributed by atoms with Crippen LogP contribution in [0.2, 0.25) is 0 Å². The van der Waals surface area contributed by atoms with Gasteiger partial charge in [0.25, 0.3) is 0 Å². The number of ether oxygens (including phenoxy) is 3. The van der Waals surface area contributed by atoms with E-state index in [1.165, 1.54) is 22.3 Å². The van der Waals surface area contributed by atoms with Crippen molar-refractivity contribution >= 4 is 0 Å². The lowest BCUT2D eigenvalue weighted by Crippen LogP contribution is -2.37. The Morgan fingerprint density at radius 2 is 1.42 bits per heavy atom. The van der Waals surface area contributed by atoms with Crippen molar-refractivity contribution in [2.75, 3.05) is 41.2 Å². The third-order valence-corrected chi connectivity index (χ3v) is 4.93. The molecule has 0 radical (unpaired) electrons. The van der Waals surface area contributed by atoms with E-state index in [1.807, 2.05) is 0 Å². The minimum atomic E-state index is -0.108. The molecule has 0 N–H and O–H groups in total. The summed E-state index contributed by atoms with van der Waals surface area (Å²) in [6.07, 6.45) is 2.98. The van der Waals surface area contributed by atoms with Crippen molar-refractivity contribution in [3.05, 3.63) is 59.7 Å². The Bertz CT molecular complexity index is 635. The third-order valence-electron chi connectivity index (χ3n) is 4.93. The van der Waals surface area contributed by atoms with E-state index in [4.69, 9.17) is 14.2 Å². The van der Waals surface area contributed by atoms with Gasteiger partial charge in [-0.05, 0) is 41.5 Å². The summed E-state index contributed by atoms with van der Waals surface area (Å²) in [4.78, 5) is 0. The number of aryl methyl sites for hydroxylation is 2. The second kappa shape index (κ2) is 10.5. The normalized spacial score (nSPS) is 11.7. The Hall–Kier alpha value is -1.68. The lowest BCUT2D eigenvalue weighted by atomic mass is 9.83. The average molecular weight is 357 g/mol. The second-order valence-electron chi connectivity index (χ2n) is 7.01. The Morgan fingerprint density at radius 1 is 0.808 bits per heavy atom. The molecular weight excluding hydrogens is 324 g/mol. The molecule has 2 aromatic rings. The molecule has 0 aliphatic rings. The lowest BCUT2D eigenvalue weighted by molar-refractivity contribution is -0.0428. The van der Waals surface area contributed by atoms with Crippen molar-refractivity contribution in [1.29, 1.82) is 0 Å². The van der Waals surface area contributed by atoms with Crippen LogP contribution in [0.1, 0.15) is 24.5 Å². The van der Waals surface area contributed by atoms with Gasteiger partial charge >= 0.3 is 0 Å². The first-order valence-corrected chi connectivity index (χ1v) is 9.32. The fourth-order valence-electron chi connectivity index (χ4n) is 3.66. The van der Waals surface area contributed by atoms with Gasteiger partial charge in [0, 0.05) is 26.7 Å². The third kappa shape index (κ3) is 5.41. The van der Waals surface area contributed by atoms with E-state index in [1.54, 1.807) is 21.3 Å². The molecule has 0 fully saturated rings. The summed E-state index contributed by atoms with van der Waals surface area (Å²) in [6, 6.07) is 17.5. The van der Waals surface area contributed by atoms with E-state index in [0.29, 0.717) is 19.8 Å². The highest BCUT2D eigenvalue weighted by atomic mass is 16.5. The van der Waals surface area contributed by atoms with Crippen LogP contribution in [-0.4, -0.2) is 41.2 Å². The topological polar surface area (TPSA) is 27.7 Å². The minimum absolute atomic E-state index is 0.108. The van der Waals surface area contributed by atoms with E-state index in [0.717, 1.165) is 19.3 Å². The summed E-state index contributed by atoms with van der Waals surface area (Å²) in [5.74, 6) is 0. The Morgan fingerprint density at radius 3 is 1.96 bits per heavy atom. The monoisotopic (exact) mass is 356 g/mol. The van der Waals surface area contributed by atoms with E-state index in [9.17, 15) is 0 Å². The molecule has 0 unspecified atom stereocenters. The molecule has 0 aromatic heterocycles. The van der Waals surface area contributed by atoms with Crippen LogP contribution in [0.5, 0.6) is 0 Å². The highest BCUT2D eigenvalue weighted by Gasteiger charge is 2.30. The second-order valence-corrected chi connectivity index (χ2v) is 7.01. The standard InChI is InChI=1S/C23H32O3/c1-5-20-15-19(11-12-22(20)21-9-7-6-8-10-21)13-14-23(16-24-2,17-25-3)18-26-4/h6-12,15H,5,13-14,16-18H2,1-4H3. The fourth-order valence-corrected chi connectivity index (χ4v) is 3.66. The molecule has 0 bridgehead atoms. The lowest BCUT2D eigenvalue weighted by Gasteiger charge is -2.32. The molecule has 0 aliphatic heterocycles. The van der Waals surface area contributed by atoms with Crippen molar-refractivity contribution in [3.63, 3.8) is 0 Å². The van der Waals surface area contributed by atoms with Crippen LogP contribution in [0.15, 0.2) is 48.5 Å². The van der Waals surface area contributed by atoms with Crippen molar-refractivity contribution in [1.82, 2.24) is 0 Å². The largest absolute Gasteiger partial charge is 0.384 e. The molecule has 0 heterocycles. The summed E-state index contributed by atoms with van der Waals surface area (Å²) < 4.78 is 16.4.